The first-order chi connectivity index (χ1) is 14.0. The van der Waals surface area contributed by atoms with Crippen LogP contribution in [-0.4, -0.2) is 36.8 Å². The topological polar surface area (TPSA) is 54.5 Å². The summed E-state index contributed by atoms with van der Waals surface area (Å²) in [5, 5.41) is 0. The minimum absolute atomic E-state index is 0.0286. The van der Waals surface area contributed by atoms with Crippen molar-refractivity contribution in [3.63, 3.8) is 0 Å². The van der Waals surface area contributed by atoms with Crippen molar-refractivity contribution < 1.29 is 13.2 Å². The second-order valence-electron chi connectivity index (χ2n) is 8.86. The fourth-order valence-corrected chi connectivity index (χ4v) is 5.78. The Hall–Kier alpha value is -1.92. The van der Waals surface area contributed by atoms with Crippen molar-refractivity contribution in [1.29, 1.82) is 0 Å². The number of halogens is 1. The van der Waals surface area contributed by atoms with Gasteiger partial charge in [0.05, 0.1) is 11.5 Å². The van der Waals surface area contributed by atoms with Crippen LogP contribution >= 0.6 is 15.9 Å². The van der Waals surface area contributed by atoms with Gasteiger partial charge in [-0.3, -0.25) is 4.79 Å². The normalized spacial score (nSPS) is 18.6. The van der Waals surface area contributed by atoms with Gasteiger partial charge >= 0.3 is 0 Å². The maximum atomic E-state index is 13.1. The average Bonchev–Trinajstić information content (AvgIpc) is 3.03. The molecule has 1 aliphatic rings. The molecule has 4 nitrogen and oxygen atoms in total. The van der Waals surface area contributed by atoms with Gasteiger partial charge in [-0.2, -0.15) is 0 Å². The quantitative estimate of drug-likeness (QED) is 0.556. The first-order valence-electron chi connectivity index (χ1n) is 10.1. The number of hydrogen-bond donors (Lipinski definition) is 0. The van der Waals surface area contributed by atoms with Gasteiger partial charge < -0.3 is 4.90 Å². The van der Waals surface area contributed by atoms with Crippen molar-refractivity contribution in [3.05, 3.63) is 75.8 Å². The summed E-state index contributed by atoms with van der Waals surface area (Å²) in [6.45, 7) is 6.87. The molecule has 2 aromatic carbocycles. The lowest BCUT2D eigenvalue weighted by Gasteiger charge is -2.27. The van der Waals surface area contributed by atoms with E-state index in [1.54, 1.807) is 17.1 Å². The van der Waals surface area contributed by atoms with Crippen molar-refractivity contribution >= 4 is 37.8 Å². The number of amides is 1. The molecule has 1 unspecified atom stereocenters. The first-order valence-corrected chi connectivity index (χ1v) is 12.7. The molecule has 0 aliphatic carbocycles. The Balaban J connectivity index is 1.80. The van der Waals surface area contributed by atoms with E-state index in [4.69, 9.17) is 0 Å². The maximum Gasteiger partial charge on any atom is 0.247 e. The summed E-state index contributed by atoms with van der Waals surface area (Å²) in [5.74, 6) is -0.00402. The number of benzene rings is 2. The molecule has 2 aromatic rings. The van der Waals surface area contributed by atoms with Crippen LogP contribution in [0.4, 0.5) is 0 Å². The number of nitrogens with zero attached hydrogens (tertiary/aromatic N) is 1. The monoisotopic (exact) mass is 489 g/mol. The number of carbonyl (C=O) groups excluding carboxylic acids is 1. The molecule has 0 aromatic heterocycles. The summed E-state index contributed by atoms with van der Waals surface area (Å²) in [6, 6.07) is 15.6. The Bertz CT molecular complexity index is 1040. The molecule has 1 fully saturated rings. The Morgan fingerprint density at radius 2 is 1.87 bits per heavy atom. The molecule has 0 radical (unpaired) electrons. The molecule has 1 heterocycles. The van der Waals surface area contributed by atoms with Crippen LogP contribution in [0, 0.1) is 0 Å². The molecule has 160 valence electrons. The minimum Gasteiger partial charge on any atom is -0.331 e. The number of sulfone groups is 1. The van der Waals surface area contributed by atoms with Crippen LogP contribution in [0.15, 0.2) is 59.1 Å². The van der Waals surface area contributed by atoms with Gasteiger partial charge in [0.15, 0.2) is 9.84 Å². The van der Waals surface area contributed by atoms with E-state index < -0.39 is 9.84 Å². The fraction of sp³-hybridized carbons (Fsp3) is 0.375. The van der Waals surface area contributed by atoms with E-state index in [0.29, 0.717) is 13.0 Å². The lowest BCUT2D eigenvalue weighted by Crippen LogP contribution is -2.39. The predicted octanol–water partition coefficient (Wildman–Crippen LogP) is 4.98. The Morgan fingerprint density at radius 1 is 1.17 bits per heavy atom. The molecule has 0 N–H and O–H groups in total. The number of rotatable bonds is 5. The Labute approximate surface area is 188 Å². The van der Waals surface area contributed by atoms with Crippen LogP contribution in [0.3, 0.4) is 0 Å². The van der Waals surface area contributed by atoms with Crippen molar-refractivity contribution in [1.82, 2.24) is 4.90 Å². The molecule has 0 spiro atoms. The van der Waals surface area contributed by atoms with Crippen LogP contribution in [0.25, 0.3) is 6.08 Å². The third kappa shape index (κ3) is 6.05. The smallest absolute Gasteiger partial charge is 0.247 e. The van der Waals surface area contributed by atoms with E-state index in [1.807, 2.05) is 36.4 Å². The lowest BCUT2D eigenvalue weighted by atomic mass is 9.87. The highest BCUT2D eigenvalue weighted by molar-refractivity contribution is 9.10. The lowest BCUT2D eigenvalue weighted by molar-refractivity contribution is -0.128. The van der Waals surface area contributed by atoms with Gasteiger partial charge in [0.1, 0.15) is 0 Å². The summed E-state index contributed by atoms with van der Waals surface area (Å²) in [6.07, 6.45) is 3.83. The van der Waals surface area contributed by atoms with Gasteiger partial charge in [-0.05, 0) is 46.7 Å². The molecule has 1 aliphatic heterocycles. The second-order valence-corrected chi connectivity index (χ2v) is 12.0. The van der Waals surface area contributed by atoms with E-state index in [9.17, 15) is 13.2 Å². The van der Waals surface area contributed by atoms with Crippen LogP contribution in [0.5, 0.6) is 0 Å². The Kier molecular flexibility index (Phi) is 6.88. The van der Waals surface area contributed by atoms with E-state index in [2.05, 4.69) is 48.8 Å². The standard InChI is InChI=1S/C24H28BrNO3S/c1-24(2,3)20-10-7-18(8-11-20)9-12-23(27)26(22-13-14-30(28,29)17-22)16-19-5-4-6-21(25)15-19/h4-12,15,22H,13-14,16-17H2,1-3H3/b12-9+. The molecular weight excluding hydrogens is 462 g/mol. The SMILES string of the molecule is CC(C)(C)c1ccc(/C=C/C(=O)N(Cc2cccc(Br)c2)C2CCS(=O)(=O)C2)cc1. The van der Waals surface area contributed by atoms with E-state index in [0.717, 1.165) is 15.6 Å². The predicted molar refractivity (Wildman–Crippen MR) is 126 cm³/mol. The zero-order valence-corrected chi connectivity index (χ0v) is 20.0. The largest absolute Gasteiger partial charge is 0.331 e. The third-order valence-corrected chi connectivity index (χ3v) is 7.61. The molecule has 1 atom stereocenters. The molecule has 1 saturated heterocycles. The van der Waals surface area contributed by atoms with Crippen LogP contribution in [0.2, 0.25) is 0 Å². The van der Waals surface area contributed by atoms with Gasteiger partial charge in [0, 0.05) is 23.1 Å². The van der Waals surface area contributed by atoms with Gasteiger partial charge in [-0.1, -0.05) is 73.1 Å². The van der Waals surface area contributed by atoms with Crippen LogP contribution in [-0.2, 0) is 26.6 Å². The summed E-state index contributed by atoms with van der Waals surface area (Å²) in [4.78, 5) is 14.7. The molecule has 0 bridgehead atoms. The summed E-state index contributed by atoms with van der Waals surface area (Å²) in [5.41, 5.74) is 3.22. The minimum atomic E-state index is -3.09. The maximum absolute atomic E-state index is 13.1. The highest BCUT2D eigenvalue weighted by Crippen LogP contribution is 2.24. The second kappa shape index (κ2) is 9.06. The fourth-order valence-electron chi connectivity index (χ4n) is 3.60. The summed E-state index contributed by atoms with van der Waals surface area (Å²) >= 11 is 3.46. The van der Waals surface area contributed by atoms with Crippen molar-refractivity contribution in [3.8, 4) is 0 Å². The highest BCUT2D eigenvalue weighted by atomic mass is 79.9. The average molecular weight is 490 g/mol. The Morgan fingerprint density at radius 3 is 2.43 bits per heavy atom. The summed E-state index contributed by atoms with van der Waals surface area (Å²) in [7, 11) is -3.09. The van der Waals surface area contributed by atoms with Crippen LogP contribution < -0.4 is 0 Å². The van der Waals surface area contributed by atoms with Gasteiger partial charge in [-0.25, -0.2) is 8.42 Å². The zero-order chi connectivity index (χ0) is 21.9. The van der Waals surface area contributed by atoms with Crippen molar-refractivity contribution in [2.45, 2.75) is 45.2 Å². The third-order valence-electron chi connectivity index (χ3n) is 5.37. The van der Waals surface area contributed by atoms with Crippen molar-refractivity contribution in [2.75, 3.05) is 11.5 Å². The van der Waals surface area contributed by atoms with Crippen molar-refractivity contribution in [2.24, 2.45) is 0 Å². The zero-order valence-electron chi connectivity index (χ0n) is 17.6. The first kappa shape index (κ1) is 22.8. The van der Waals surface area contributed by atoms with Crippen LogP contribution in [0.1, 0.15) is 43.9 Å². The highest BCUT2D eigenvalue weighted by Gasteiger charge is 2.34. The summed E-state index contributed by atoms with van der Waals surface area (Å²) < 4.78 is 24.9. The molecule has 3 rings (SSSR count). The molecule has 6 heteroatoms. The molecular formula is C24H28BrNO3S. The van der Waals surface area contributed by atoms with Gasteiger partial charge in [0.25, 0.3) is 0 Å². The van der Waals surface area contributed by atoms with Gasteiger partial charge in [-0.15, -0.1) is 0 Å². The van der Waals surface area contributed by atoms with E-state index in [-0.39, 0.29) is 28.9 Å². The molecule has 30 heavy (non-hydrogen) atoms. The molecule has 0 saturated carbocycles. The van der Waals surface area contributed by atoms with E-state index in [1.165, 1.54) is 5.56 Å². The number of hydrogen-bond acceptors (Lipinski definition) is 3. The molecule has 1 amide bonds. The van der Waals surface area contributed by atoms with Gasteiger partial charge in [0.2, 0.25) is 5.91 Å². The van der Waals surface area contributed by atoms with E-state index >= 15 is 0 Å². The number of carbonyl (C=O) groups is 1.